The minimum Gasteiger partial charge on any atom is -0.455 e. The van der Waals surface area contributed by atoms with Crippen LogP contribution in [-0.4, -0.2) is 9.67 Å². The molecular weight excluding hydrogens is 442 g/mol. The van der Waals surface area contributed by atoms with Gasteiger partial charge in [-0.2, -0.15) is 0 Å². The molecule has 2 aromatic heterocycles. The summed E-state index contributed by atoms with van der Waals surface area (Å²) in [5, 5.41) is 15.6. The average Bonchev–Trinajstić information content (AvgIpc) is 3.44. The smallest absolute Gasteiger partial charge is 0.145 e. The third kappa shape index (κ3) is 2.96. The van der Waals surface area contributed by atoms with Crippen LogP contribution < -0.4 is 0 Å². The summed E-state index contributed by atoms with van der Waals surface area (Å²) in [7, 11) is 0. The molecule has 0 amide bonds. The van der Waals surface area contributed by atoms with Gasteiger partial charge in [-0.1, -0.05) is 78.9 Å². The van der Waals surface area contributed by atoms with Crippen LogP contribution in [0.1, 0.15) is 19.4 Å². The van der Waals surface area contributed by atoms with Gasteiger partial charge in [0, 0.05) is 27.4 Å². The van der Waals surface area contributed by atoms with Crippen molar-refractivity contribution in [3.05, 3.63) is 115 Å². The molecule has 5 aromatic carbocycles. The molecule has 3 nitrogen and oxygen atoms in total. The van der Waals surface area contributed by atoms with Crippen molar-refractivity contribution in [3.8, 4) is 16.8 Å². The van der Waals surface area contributed by atoms with Crippen LogP contribution >= 0.6 is 0 Å². The van der Waals surface area contributed by atoms with Crippen LogP contribution in [0.25, 0.3) is 60.6 Å². The standard InChI is InChI=1S/C33H25NO2/c1-33(2,35)27-17-9-6-14-22(27)26-20-25-23-15-7-10-18-28(23)34(21-12-4-3-5-13-21)31(25)30-24-16-8-11-19-29(24)36-32(26)30/h3-20,35H,1-2H3. The number of nitrogens with zero attached hydrogens (tertiary/aromatic N) is 1. The third-order valence-electron chi connectivity index (χ3n) is 7.17. The van der Waals surface area contributed by atoms with Crippen molar-refractivity contribution in [3.63, 3.8) is 0 Å². The van der Waals surface area contributed by atoms with E-state index in [1.165, 1.54) is 5.39 Å². The Bertz CT molecular complexity index is 1920. The molecular formula is C33H25NO2. The molecule has 0 saturated heterocycles. The Morgan fingerprint density at radius 2 is 1.33 bits per heavy atom. The number of aliphatic hydroxyl groups is 1. The number of hydrogen-bond donors (Lipinski definition) is 1. The van der Waals surface area contributed by atoms with Gasteiger partial charge in [0.2, 0.25) is 0 Å². The number of benzene rings is 5. The Labute approximate surface area is 208 Å². The molecule has 3 heteroatoms. The Morgan fingerprint density at radius 3 is 2.14 bits per heavy atom. The Balaban J connectivity index is 1.76. The van der Waals surface area contributed by atoms with E-state index in [0.717, 1.165) is 60.7 Å². The summed E-state index contributed by atoms with van der Waals surface area (Å²) in [6.07, 6.45) is 0. The van der Waals surface area contributed by atoms with Crippen LogP contribution in [0.4, 0.5) is 0 Å². The summed E-state index contributed by atoms with van der Waals surface area (Å²) in [5.41, 5.74) is 6.92. The SMILES string of the molecule is CC(C)(O)c1ccccc1-c1cc2c3ccccc3n(-c3ccccc3)c2c2c1oc1ccccc12. The second-order valence-corrected chi connectivity index (χ2v) is 9.92. The molecule has 0 radical (unpaired) electrons. The number of hydrogen-bond acceptors (Lipinski definition) is 2. The van der Waals surface area contributed by atoms with Crippen LogP contribution in [0, 0.1) is 0 Å². The second-order valence-electron chi connectivity index (χ2n) is 9.92. The molecule has 0 bridgehead atoms. The molecule has 0 aliphatic rings. The molecule has 0 aliphatic carbocycles. The van der Waals surface area contributed by atoms with E-state index in [0.29, 0.717) is 0 Å². The first-order chi connectivity index (χ1) is 17.5. The molecule has 0 aliphatic heterocycles. The predicted molar refractivity (Wildman–Crippen MR) is 149 cm³/mol. The Kier molecular flexibility index (Phi) is 4.42. The normalized spacial score (nSPS) is 12.3. The maximum atomic E-state index is 11.0. The number of fused-ring (bicyclic) bond motifs is 7. The number of rotatable bonds is 3. The van der Waals surface area contributed by atoms with Crippen molar-refractivity contribution in [1.82, 2.24) is 4.57 Å². The highest BCUT2D eigenvalue weighted by Gasteiger charge is 2.26. The van der Waals surface area contributed by atoms with Crippen molar-refractivity contribution in [2.24, 2.45) is 0 Å². The van der Waals surface area contributed by atoms with Gasteiger partial charge in [0.15, 0.2) is 0 Å². The van der Waals surface area contributed by atoms with E-state index in [9.17, 15) is 5.11 Å². The van der Waals surface area contributed by atoms with Crippen LogP contribution in [0.15, 0.2) is 114 Å². The molecule has 2 heterocycles. The van der Waals surface area contributed by atoms with E-state index in [4.69, 9.17) is 4.42 Å². The molecule has 0 atom stereocenters. The molecule has 36 heavy (non-hydrogen) atoms. The third-order valence-corrected chi connectivity index (χ3v) is 7.17. The highest BCUT2D eigenvalue weighted by atomic mass is 16.3. The lowest BCUT2D eigenvalue weighted by molar-refractivity contribution is 0.0792. The van der Waals surface area contributed by atoms with E-state index in [1.54, 1.807) is 0 Å². The fourth-order valence-electron chi connectivity index (χ4n) is 5.63. The van der Waals surface area contributed by atoms with E-state index in [-0.39, 0.29) is 0 Å². The zero-order chi connectivity index (χ0) is 24.4. The van der Waals surface area contributed by atoms with Gasteiger partial charge in [-0.15, -0.1) is 0 Å². The van der Waals surface area contributed by atoms with Gasteiger partial charge >= 0.3 is 0 Å². The van der Waals surface area contributed by atoms with Gasteiger partial charge < -0.3 is 14.1 Å². The van der Waals surface area contributed by atoms with Crippen molar-refractivity contribution in [2.45, 2.75) is 19.4 Å². The minimum atomic E-state index is -0.998. The summed E-state index contributed by atoms with van der Waals surface area (Å²) in [4.78, 5) is 0. The predicted octanol–water partition coefficient (Wildman–Crippen LogP) is 8.58. The van der Waals surface area contributed by atoms with Gasteiger partial charge in [-0.25, -0.2) is 0 Å². The minimum absolute atomic E-state index is 0.834. The van der Waals surface area contributed by atoms with Gasteiger partial charge in [0.05, 0.1) is 22.0 Å². The molecule has 0 fully saturated rings. The van der Waals surface area contributed by atoms with Gasteiger partial charge in [0.1, 0.15) is 11.2 Å². The van der Waals surface area contributed by atoms with E-state index < -0.39 is 5.60 Å². The highest BCUT2D eigenvalue weighted by Crippen LogP contribution is 2.46. The number of aromatic nitrogens is 1. The fraction of sp³-hybridized carbons (Fsp3) is 0.0909. The molecule has 7 rings (SSSR count). The average molecular weight is 468 g/mol. The zero-order valence-corrected chi connectivity index (χ0v) is 20.2. The molecule has 174 valence electrons. The number of para-hydroxylation sites is 3. The monoisotopic (exact) mass is 467 g/mol. The van der Waals surface area contributed by atoms with E-state index >= 15 is 0 Å². The fourth-order valence-corrected chi connectivity index (χ4v) is 5.63. The van der Waals surface area contributed by atoms with E-state index in [2.05, 4.69) is 77.4 Å². The molecule has 7 aromatic rings. The van der Waals surface area contributed by atoms with E-state index in [1.807, 2.05) is 50.2 Å². The second kappa shape index (κ2) is 7.58. The lowest BCUT2D eigenvalue weighted by atomic mass is 9.88. The highest BCUT2D eigenvalue weighted by molar-refractivity contribution is 6.27. The Morgan fingerprint density at radius 1 is 0.667 bits per heavy atom. The summed E-state index contributed by atoms with van der Waals surface area (Å²) in [6, 6.07) is 37.6. The summed E-state index contributed by atoms with van der Waals surface area (Å²) in [6.45, 7) is 3.67. The van der Waals surface area contributed by atoms with Crippen LogP contribution in [0.2, 0.25) is 0 Å². The molecule has 0 spiro atoms. The van der Waals surface area contributed by atoms with Crippen molar-refractivity contribution >= 4 is 43.7 Å². The van der Waals surface area contributed by atoms with Crippen molar-refractivity contribution < 1.29 is 9.52 Å². The first kappa shape index (κ1) is 21.0. The van der Waals surface area contributed by atoms with Crippen molar-refractivity contribution in [1.29, 1.82) is 0 Å². The largest absolute Gasteiger partial charge is 0.455 e. The quantitative estimate of drug-likeness (QED) is 0.283. The summed E-state index contributed by atoms with van der Waals surface area (Å²) < 4.78 is 8.95. The van der Waals surface area contributed by atoms with Gasteiger partial charge in [0.25, 0.3) is 0 Å². The first-order valence-electron chi connectivity index (χ1n) is 12.3. The molecule has 1 N–H and O–H groups in total. The van der Waals surface area contributed by atoms with Crippen LogP contribution in [0.3, 0.4) is 0 Å². The zero-order valence-electron chi connectivity index (χ0n) is 20.2. The summed E-state index contributed by atoms with van der Waals surface area (Å²) in [5.74, 6) is 0. The topological polar surface area (TPSA) is 38.3 Å². The maximum absolute atomic E-state index is 11.0. The van der Waals surface area contributed by atoms with Crippen LogP contribution in [-0.2, 0) is 5.60 Å². The molecule has 0 unspecified atom stereocenters. The summed E-state index contributed by atoms with van der Waals surface area (Å²) >= 11 is 0. The van der Waals surface area contributed by atoms with Gasteiger partial charge in [-0.3, -0.25) is 0 Å². The lowest BCUT2D eigenvalue weighted by Gasteiger charge is -2.22. The van der Waals surface area contributed by atoms with Crippen LogP contribution in [0.5, 0.6) is 0 Å². The van der Waals surface area contributed by atoms with Gasteiger partial charge in [-0.05, 0) is 55.3 Å². The Hall–Kier alpha value is -4.34. The van der Waals surface area contributed by atoms with Crippen molar-refractivity contribution in [2.75, 3.05) is 0 Å². The maximum Gasteiger partial charge on any atom is 0.145 e. The molecule has 0 saturated carbocycles. The number of furan rings is 1. The first-order valence-corrected chi connectivity index (χ1v) is 12.3. The lowest BCUT2D eigenvalue weighted by Crippen LogP contribution is -2.16.